The van der Waals surface area contributed by atoms with Crippen LogP contribution in [0.4, 0.5) is 34.5 Å². The molecule has 0 aliphatic carbocycles. The number of halogens is 1. The Hall–Kier alpha value is -5.69. The number of nitrogens with zero attached hydrogens (tertiary/aromatic N) is 6. The van der Waals surface area contributed by atoms with Gasteiger partial charge in [0.25, 0.3) is 5.91 Å². The van der Waals surface area contributed by atoms with Crippen LogP contribution in [0.1, 0.15) is 47.2 Å². The van der Waals surface area contributed by atoms with Gasteiger partial charge in [0.1, 0.15) is 30.6 Å². The van der Waals surface area contributed by atoms with Gasteiger partial charge in [-0.25, -0.2) is 4.98 Å². The Labute approximate surface area is 385 Å². The SMILES string of the molecule is CNc1ccc2c(c1C#CCOCCN1CCN(C3CCN(c4ccc(Nc5ncc(Cl)c(Nc6ccccc6P(C)(C)=O)n5)c(OC)c4)CC3)CC1)CN(C1CCC(=O)NC1=O)C2=O. The Morgan fingerprint density at radius 1 is 0.938 bits per heavy atom. The predicted molar refractivity (Wildman–Crippen MR) is 255 cm³/mol. The molecule has 18 heteroatoms. The van der Waals surface area contributed by atoms with Crippen molar-refractivity contribution < 1.29 is 28.4 Å². The van der Waals surface area contributed by atoms with E-state index in [9.17, 15) is 18.9 Å². The van der Waals surface area contributed by atoms with E-state index in [0.29, 0.717) is 58.2 Å². The molecule has 4 aliphatic heterocycles. The molecule has 16 nitrogen and oxygen atoms in total. The highest BCUT2D eigenvalue weighted by atomic mass is 35.5. The quantitative estimate of drug-likeness (QED) is 0.0553. The number of imide groups is 1. The minimum absolute atomic E-state index is 0.208. The summed E-state index contributed by atoms with van der Waals surface area (Å²) in [5.74, 6) is 6.83. The lowest BCUT2D eigenvalue weighted by Gasteiger charge is -2.43. The number of piperidine rings is 2. The average Bonchev–Trinajstić information content (AvgIpc) is 3.64. The number of aromatic nitrogens is 2. The van der Waals surface area contributed by atoms with Crippen LogP contribution < -0.4 is 36.2 Å². The molecular weight excluding hydrogens is 867 g/mol. The first-order valence-corrected chi connectivity index (χ1v) is 25.0. The zero-order valence-corrected chi connectivity index (χ0v) is 38.9. The lowest BCUT2D eigenvalue weighted by Crippen LogP contribution is -2.53. The first-order valence-electron chi connectivity index (χ1n) is 22.1. The van der Waals surface area contributed by atoms with Gasteiger partial charge in [-0.05, 0) is 69.0 Å². The van der Waals surface area contributed by atoms with Gasteiger partial charge in [-0.2, -0.15) is 4.98 Å². The van der Waals surface area contributed by atoms with Crippen molar-refractivity contribution in [2.24, 2.45) is 0 Å². The summed E-state index contributed by atoms with van der Waals surface area (Å²) in [4.78, 5) is 55.6. The fourth-order valence-corrected chi connectivity index (χ4v) is 10.4. The van der Waals surface area contributed by atoms with Crippen LogP contribution in [0, 0.1) is 11.8 Å². The van der Waals surface area contributed by atoms with E-state index in [0.717, 1.165) is 86.8 Å². The molecule has 65 heavy (non-hydrogen) atoms. The first-order chi connectivity index (χ1) is 31.4. The van der Waals surface area contributed by atoms with Crippen molar-refractivity contribution in [3.8, 4) is 17.6 Å². The maximum Gasteiger partial charge on any atom is 0.255 e. The van der Waals surface area contributed by atoms with Crippen molar-refractivity contribution in [3.05, 3.63) is 82.5 Å². The summed E-state index contributed by atoms with van der Waals surface area (Å²) in [6, 6.07) is 17.0. The molecule has 342 valence electrons. The summed E-state index contributed by atoms with van der Waals surface area (Å²) >= 11 is 6.49. The zero-order chi connectivity index (χ0) is 45.7. The Morgan fingerprint density at radius 2 is 1.71 bits per heavy atom. The average molecular weight is 923 g/mol. The van der Waals surface area contributed by atoms with Gasteiger partial charge >= 0.3 is 0 Å². The number of nitrogens with one attached hydrogen (secondary N) is 4. The Morgan fingerprint density at radius 3 is 2.45 bits per heavy atom. The van der Waals surface area contributed by atoms with Gasteiger partial charge in [0.05, 0.1) is 42.5 Å². The summed E-state index contributed by atoms with van der Waals surface area (Å²) in [6.07, 6.45) is 4.21. The second-order valence-corrected chi connectivity index (χ2v) is 20.6. The van der Waals surface area contributed by atoms with E-state index < -0.39 is 19.1 Å². The van der Waals surface area contributed by atoms with E-state index in [1.54, 1.807) is 31.4 Å². The summed E-state index contributed by atoms with van der Waals surface area (Å²) in [6.45, 7) is 11.3. The number of methoxy groups -OCH3 is 1. The van der Waals surface area contributed by atoms with Crippen LogP contribution in [0.2, 0.25) is 5.02 Å². The molecular formula is C47H56ClN10O6P. The molecule has 3 amide bonds. The number of amides is 3. The number of piperazine rings is 1. The highest BCUT2D eigenvalue weighted by Gasteiger charge is 2.40. The van der Waals surface area contributed by atoms with Gasteiger partial charge in [-0.1, -0.05) is 35.6 Å². The number of hydrogen-bond acceptors (Lipinski definition) is 14. The van der Waals surface area contributed by atoms with Crippen molar-refractivity contribution in [2.75, 3.05) is 107 Å². The Balaban J connectivity index is 0.776. The zero-order valence-electron chi connectivity index (χ0n) is 37.3. The van der Waals surface area contributed by atoms with Crippen molar-refractivity contribution in [1.82, 2.24) is 30.0 Å². The van der Waals surface area contributed by atoms with Crippen LogP contribution in [-0.4, -0.2) is 141 Å². The third-order valence-corrected chi connectivity index (χ3v) is 14.4. The number of fused-ring (bicyclic) bond motifs is 1. The van der Waals surface area contributed by atoms with E-state index in [4.69, 9.17) is 21.1 Å². The van der Waals surface area contributed by atoms with Gasteiger partial charge in [0.2, 0.25) is 17.8 Å². The molecule has 4 N–H and O–H groups in total. The lowest BCUT2D eigenvalue weighted by atomic mass is 10.0. The van der Waals surface area contributed by atoms with Gasteiger partial charge in [0, 0.05) is 100 Å². The number of rotatable bonds is 14. The van der Waals surface area contributed by atoms with Gasteiger partial charge in [-0.15, -0.1) is 0 Å². The highest BCUT2D eigenvalue weighted by Crippen LogP contribution is 2.39. The first kappa shape index (κ1) is 45.9. The monoisotopic (exact) mass is 922 g/mol. The second-order valence-electron chi connectivity index (χ2n) is 17.0. The summed E-state index contributed by atoms with van der Waals surface area (Å²) in [7, 11) is 0.915. The normalized spacial score (nSPS) is 18.5. The maximum absolute atomic E-state index is 13.3. The molecule has 3 fully saturated rings. The van der Waals surface area contributed by atoms with Crippen molar-refractivity contribution in [2.45, 2.75) is 44.3 Å². The van der Waals surface area contributed by atoms with E-state index in [1.807, 2.05) is 43.4 Å². The van der Waals surface area contributed by atoms with Crippen LogP contribution in [0.5, 0.6) is 5.75 Å². The van der Waals surface area contributed by atoms with Crippen LogP contribution in [-0.2, 0) is 25.4 Å². The smallest absolute Gasteiger partial charge is 0.255 e. The van der Waals surface area contributed by atoms with Gasteiger partial charge in [0.15, 0.2) is 5.82 Å². The van der Waals surface area contributed by atoms with Gasteiger partial charge in [-0.3, -0.25) is 29.5 Å². The molecule has 0 bridgehead atoms. The fourth-order valence-electron chi connectivity index (χ4n) is 9.07. The molecule has 4 aliphatic rings. The van der Waals surface area contributed by atoms with E-state index >= 15 is 0 Å². The Bertz CT molecular complexity index is 2550. The van der Waals surface area contributed by atoms with E-state index in [-0.39, 0.29) is 31.4 Å². The summed E-state index contributed by atoms with van der Waals surface area (Å²) in [5, 5.41) is 13.1. The topological polar surface area (TPSA) is 174 Å². The van der Waals surface area contributed by atoms with E-state index in [1.165, 1.54) is 6.20 Å². The number of para-hydroxylation sites is 1. The van der Waals surface area contributed by atoms with Crippen LogP contribution >= 0.6 is 18.7 Å². The largest absolute Gasteiger partial charge is 0.494 e. The van der Waals surface area contributed by atoms with E-state index in [2.05, 4.69) is 69.9 Å². The molecule has 1 atom stereocenters. The molecule has 3 saturated heterocycles. The minimum Gasteiger partial charge on any atom is -0.494 e. The van der Waals surface area contributed by atoms with Crippen molar-refractivity contribution in [3.63, 3.8) is 0 Å². The molecule has 5 heterocycles. The molecule has 0 saturated carbocycles. The standard InChI is InChI=1S/C47H56ClN10O6P/c1-49-37-14-12-34-35(30-58(46(34)61)40-15-16-43(59)53-45(40)60)33(37)8-7-26-64-27-25-55-21-23-57(24-22-55)31-17-19-56(20-18-31)32-11-13-38(41(28-32)63-2)52-47-50-29-36(48)44(54-47)51-39-9-5-6-10-42(39)65(3,4)62/h5-6,9-14,28-29,31,40,49H,15-27,30H2,1-4H3,(H,53,59,60)(H2,50,51,52,54). The number of anilines is 6. The lowest BCUT2D eigenvalue weighted by molar-refractivity contribution is -0.136. The molecule has 3 aromatic carbocycles. The second kappa shape index (κ2) is 20.2. The number of ether oxygens (including phenoxy) is 2. The predicted octanol–water partition coefficient (Wildman–Crippen LogP) is 5.33. The third kappa shape index (κ3) is 10.6. The maximum atomic E-state index is 13.3. The summed E-state index contributed by atoms with van der Waals surface area (Å²) in [5.41, 5.74) is 5.36. The minimum atomic E-state index is -2.55. The number of carbonyl (C=O) groups is 3. The number of benzene rings is 3. The van der Waals surface area contributed by atoms with Crippen LogP contribution in [0.25, 0.3) is 0 Å². The van der Waals surface area contributed by atoms with Crippen LogP contribution in [0.15, 0.2) is 60.8 Å². The Kier molecular flexibility index (Phi) is 14.3. The van der Waals surface area contributed by atoms with Crippen LogP contribution in [0.3, 0.4) is 0 Å². The number of hydrogen-bond donors (Lipinski definition) is 4. The third-order valence-electron chi connectivity index (χ3n) is 12.6. The molecule has 0 radical (unpaired) electrons. The highest BCUT2D eigenvalue weighted by molar-refractivity contribution is 7.70. The summed E-state index contributed by atoms with van der Waals surface area (Å²) < 4.78 is 24.7. The van der Waals surface area contributed by atoms with Gasteiger partial charge < -0.3 is 39.8 Å². The fraction of sp³-hybridized carbons (Fsp3) is 0.426. The molecule has 1 unspecified atom stereocenters. The van der Waals surface area contributed by atoms with Crippen molar-refractivity contribution in [1.29, 1.82) is 0 Å². The molecule has 8 rings (SSSR count). The molecule has 0 spiro atoms. The molecule has 1 aromatic heterocycles. The van der Waals surface area contributed by atoms with Crippen molar-refractivity contribution >= 4 is 76.3 Å². The number of carbonyl (C=O) groups excluding carboxylic acids is 3. The molecule has 4 aromatic rings.